The van der Waals surface area contributed by atoms with E-state index in [1.807, 2.05) is 16.8 Å². The smallest absolute Gasteiger partial charge is 0.207 e. The van der Waals surface area contributed by atoms with Crippen molar-refractivity contribution in [2.75, 3.05) is 5.32 Å². The molecule has 1 aromatic carbocycles. The maximum atomic E-state index is 13.5. The molecular formula is C13H14FN3. The molecule has 1 fully saturated rings. The molecule has 4 heteroatoms. The van der Waals surface area contributed by atoms with Crippen LogP contribution in [0.15, 0.2) is 30.6 Å². The van der Waals surface area contributed by atoms with Crippen molar-refractivity contribution in [1.29, 1.82) is 0 Å². The van der Waals surface area contributed by atoms with E-state index in [2.05, 4.69) is 10.3 Å². The summed E-state index contributed by atoms with van der Waals surface area (Å²) in [7, 11) is 0. The number of anilines is 1. The third-order valence-corrected chi connectivity index (χ3v) is 2.98. The Morgan fingerprint density at radius 1 is 1.41 bits per heavy atom. The lowest BCUT2D eigenvalue weighted by Gasteiger charge is -2.09. The second-order valence-corrected chi connectivity index (χ2v) is 4.47. The number of imidazole rings is 1. The number of halogens is 1. The van der Waals surface area contributed by atoms with Crippen molar-refractivity contribution >= 4 is 5.95 Å². The SMILES string of the molecule is Cc1ccc(-n2ccnc2NC2CC2)cc1F. The van der Waals surface area contributed by atoms with E-state index in [0.717, 1.165) is 11.6 Å². The predicted octanol–water partition coefficient (Wildman–Crippen LogP) is 2.89. The van der Waals surface area contributed by atoms with E-state index in [9.17, 15) is 4.39 Å². The number of benzene rings is 1. The molecule has 0 amide bonds. The van der Waals surface area contributed by atoms with Crippen molar-refractivity contribution in [3.8, 4) is 5.69 Å². The zero-order valence-electron chi connectivity index (χ0n) is 9.65. The van der Waals surface area contributed by atoms with Crippen LogP contribution in [0.2, 0.25) is 0 Å². The first kappa shape index (κ1) is 10.3. The molecule has 3 nitrogen and oxygen atoms in total. The molecule has 1 N–H and O–H groups in total. The van der Waals surface area contributed by atoms with E-state index in [0.29, 0.717) is 11.6 Å². The van der Waals surface area contributed by atoms with Gasteiger partial charge in [0.05, 0.1) is 5.69 Å². The summed E-state index contributed by atoms with van der Waals surface area (Å²) in [4.78, 5) is 4.25. The van der Waals surface area contributed by atoms with Gasteiger partial charge in [0, 0.05) is 18.4 Å². The van der Waals surface area contributed by atoms with Crippen LogP contribution in [0.5, 0.6) is 0 Å². The van der Waals surface area contributed by atoms with Crippen molar-refractivity contribution in [2.24, 2.45) is 0 Å². The van der Waals surface area contributed by atoms with Crippen LogP contribution in [0, 0.1) is 12.7 Å². The van der Waals surface area contributed by atoms with Gasteiger partial charge in [-0.15, -0.1) is 0 Å². The fourth-order valence-corrected chi connectivity index (χ4v) is 1.76. The van der Waals surface area contributed by atoms with Crippen LogP contribution >= 0.6 is 0 Å². The molecule has 0 bridgehead atoms. The lowest BCUT2D eigenvalue weighted by Crippen LogP contribution is -2.07. The molecule has 1 heterocycles. The van der Waals surface area contributed by atoms with Crippen molar-refractivity contribution in [3.63, 3.8) is 0 Å². The Morgan fingerprint density at radius 3 is 2.94 bits per heavy atom. The Hall–Kier alpha value is -1.84. The highest BCUT2D eigenvalue weighted by Crippen LogP contribution is 2.25. The quantitative estimate of drug-likeness (QED) is 0.880. The lowest BCUT2D eigenvalue weighted by atomic mass is 10.2. The van der Waals surface area contributed by atoms with Gasteiger partial charge in [0.25, 0.3) is 0 Å². The van der Waals surface area contributed by atoms with Crippen LogP contribution in [-0.2, 0) is 0 Å². The van der Waals surface area contributed by atoms with Crippen molar-refractivity contribution in [3.05, 3.63) is 42.0 Å². The first-order valence-corrected chi connectivity index (χ1v) is 5.80. The minimum absolute atomic E-state index is 0.187. The van der Waals surface area contributed by atoms with Crippen LogP contribution in [-0.4, -0.2) is 15.6 Å². The van der Waals surface area contributed by atoms with Gasteiger partial charge in [-0.25, -0.2) is 9.37 Å². The molecule has 3 rings (SSSR count). The third-order valence-electron chi connectivity index (χ3n) is 2.98. The first-order chi connectivity index (χ1) is 8.24. The second kappa shape index (κ2) is 3.87. The number of aromatic nitrogens is 2. The van der Waals surface area contributed by atoms with E-state index >= 15 is 0 Å². The number of hydrogen-bond acceptors (Lipinski definition) is 2. The monoisotopic (exact) mass is 231 g/mol. The van der Waals surface area contributed by atoms with E-state index in [1.165, 1.54) is 18.9 Å². The summed E-state index contributed by atoms with van der Waals surface area (Å²) in [6.07, 6.45) is 5.95. The molecule has 1 saturated carbocycles. The fourth-order valence-electron chi connectivity index (χ4n) is 1.76. The van der Waals surface area contributed by atoms with Gasteiger partial charge in [-0.2, -0.15) is 0 Å². The molecule has 88 valence electrons. The molecule has 1 aromatic heterocycles. The summed E-state index contributed by atoms with van der Waals surface area (Å²) in [5.74, 6) is 0.601. The van der Waals surface area contributed by atoms with Gasteiger partial charge in [0.15, 0.2) is 0 Å². The maximum Gasteiger partial charge on any atom is 0.207 e. The fraction of sp³-hybridized carbons (Fsp3) is 0.308. The Balaban J connectivity index is 1.96. The van der Waals surface area contributed by atoms with Crippen LogP contribution in [0.1, 0.15) is 18.4 Å². The summed E-state index contributed by atoms with van der Waals surface area (Å²) in [6.45, 7) is 1.76. The normalized spacial score (nSPS) is 14.9. The third kappa shape index (κ3) is 2.02. The second-order valence-electron chi connectivity index (χ2n) is 4.47. The van der Waals surface area contributed by atoms with Crippen LogP contribution in [0.25, 0.3) is 5.69 Å². The molecule has 17 heavy (non-hydrogen) atoms. The Bertz CT molecular complexity index is 543. The average molecular weight is 231 g/mol. The van der Waals surface area contributed by atoms with Crippen molar-refractivity contribution in [1.82, 2.24) is 9.55 Å². The first-order valence-electron chi connectivity index (χ1n) is 5.80. The van der Waals surface area contributed by atoms with Gasteiger partial charge >= 0.3 is 0 Å². The highest BCUT2D eigenvalue weighted by Gasteiger charge is 2.22. The largest absolute Gasteiger partial charge is 0.353 e. The molecule has 2 aromatic rings. The number of rotatable bonds is 3. The molecule has 0 radical (unpaired) electrons. The van der Waals surface area contributed by atoms with E-state index in [1.54, 1.807) is 19.2 Å². The number of nitrogens with one attached hydrogen (secondary N) is 1. The molecule has 0 atom stereocenters. The molecule has 1 aliphatic rings. The molecule has 0 spiro atoms. The van der Waals surface area contributed by atoms with Gasteiger partial charge in [-0.3, -0.25) is 4.57 Å². The van der Waals surface area contributed by atoms with Crippen molar-refractivity contribution in [2.45, 2.75) is 25.8 Å². The molecule has 0 saturated heterocycles. The number of hydrogen-bond donors (Lipinski definition) is 1. The van der Waals surface area contributed by atoms with Crippen LogP contribution < -0.4 is 5.32 Å². The van der Waals surface area contributed by atoms with Gasteiger partial charge in [-0.1, -0.05) is 6.07 Å². The summed E-state index contributed by atoms with van der Waals surface area (Å²) in [6, 6.07) is 5.75. The molecular weight excluding hydrogens is 217 g/mol. The standard InChI is InChI=1S/C13H14FN3/c1-9-2-5-11(8-12(9)14)17-7-6-15-13(17)16-10-3-4-10/h2,5-8,10H,3-4H2,1H3,(H,15,16). The lowest BCUT2D eigenvalue weighted by molar-refractivity contribution is 0.617. The topological polar surface area (TPSA) is 29.9 Å². The molecule has 1 aliphatic carbocycles. The zero-order valence-corrected chi connectivity index (χ0v) is 9.65. The van der Waals surface area contributed by atoms with Crippen molar-refractivity contribution < 1.29 is 4.39 Å². The molecule has 0 unspecified atom stereocenters. The number of aryl methyl sites for hydroxylation is 1. The highest BCUT2D eigenvalue weighted by molar-refractivity contribution is 5.44. The Kier molecular flexibility index (Phi) is 2.35. The summed E-state index contributed by atoms with van der Waals surface area (Å²) in [5, 5.41) is 3.33. The minimum atomic E-state index is -0.187. The summed E-state index contributed by atoms with van der Waals surface area (Å²) in [5.41, 5.74) is 1.46. The Labute approximate surface area is 99.3 Å². The van der Waals surface area contributed by atoms with E-state index in [-0.39, 0.29) is 5.82 Å². The maximum absolute atomic E-state index is 13.5. The van der Waals surface area contributed by atoms with Crippen LogP contribution in [0.3, 0.4) is 0 Å². The Morgan fingerprint density at radius 2 is 2.24 bits per heavy atom. The highest BCUT2D eigenvalue weighted by atomic mass is 19.1. The van der Waals surface area contributed by atoms with Crippen LogP contribution in [0.4, 0.5) is 10.3 Å². The minimum Gasteiger partial charge on any atom is -0.353 e. The van der Waals surface area contributed by atoms with Gasteiger partial charge in [0.2, 0.25) is 5.95 Å². The van der Waals surface area contributed by atoms with Gasteiger partial charge < -0.3 is 5.32 Å². The number of nitrogens with zero attached hydrogens (tertiary/aromatic N) is 2. The zero-order chi connectivity index (χ0) is 11.8. The van der Waals surface area contributed by atoms with E-state index in [4.69, 9.17) is 0 Å². The van der Waals surface area contributed by atoms with Gasteiger partial charge in [0.1, 0.15) is 5.82 Å². The van der Waals surface area contributed by atoms with E-state index < -0.39 is 0 Å². The molecule has 0 aliphatic heterocycles. The predicted molar refractivity (Wildman–Crippen MR) is 64.9 cm³/mol. The van der Waals surface area contributed by atoms with Gasteiger partial charge in [-0.05, 0) is 37.5 Å². The average Bonchev–Trinajstić information content (AvgIpc) is 3.00. The summed E-state index contributed by atoms with van der Waals surface area (Å²) >= 11 is 0. The summed E-state index contributed by atoms with van der Waals surface area (Å²) < 4.78 is 15.4.